The highest BCUT2D eigenvalue weighted by Gasteiger charge is 2.42. The quantitative estimate of drug-likeness (QED) is 0.864. The molecule has 2 heteroatoms. The summed E-state index contributed by atoms with van der Waals surface area (Å²) in [6.07, 6.45) is 4.71. The Labute approximate surface area is 145 Å². The molecule has 4 rings (SSSR count). The zero-order valence-corrected chi connectivity index (χ0v) is 14.8. The average molecular weight is 320 g/mol. The molecule has 24 heavy (non-hydrogen) atoms. The van der Waals surface area contributed by atoms with Crippen LogP contribution in [0, 0.1) is 6.92 Å². The van der Waals surface area contributed by atoms with Crippen molar-refractivity contribution in [2.75, 3.05) is 4.90 Å². The summed E-state index contributed by atoms with van der Waals surface area (Å²) in [5.41, 5.74) is 12.3. The highest BCUT2D eigenvalue weighted by atomic mass is 15.2. The second kappa shape index (κ2) is 5.93. The lowest BCUT2D eigenvalue weighted by Crippen LogP contribution is -2.38. The van der Waals surface area contributed by atoms with Gasteiger partial charge in [-0.25, -0.2) is 0 Å². The van der Waals surface area contributed by atoms with Gasteiger partial charge in [-0.05, 0) is 56.7 Å². The van der Waals surface area contributed by atoms with Crippen molar-refractivity contribution in [2.45, 2.75) is 63.6 Å². The van der Waals surface area contributed by atoms with Crippen LogP contribution in [0.3, 0.4) is 0 Å². The molecule has 3 atom stereocenters. The molecule has 1 aliphatic heterocycles. The first-order chi connectivity index (χ1) is 11.5. The van der Waals surface area contributed by atoms with Gasteiger partial charge < -0.3 is 10.6 Å². The topological polar surface area (TPSA) is 29.3 Å². The van der Waals surface area contributed by atoms with Crippen molar-refractivity contribution in [1.82, 2.24) is 0 Å². The minimum absolute atomic E-state index is 0.0385. The van der Waals surface area contributed by atoms with Crippen molar-refractivity contribution >= 4 is 5.69 Å². The molecule has 2 nitrogen and oxygen atoms in total. The molecular formula is C22H28N2. The highest BCUT2D eigenvalue weighted by Crippen LogP contribution is 2.49. The fraction of sp³-hybridized carbons (Fsp3) is 0.455. The Bertz CT molecular complexity index is 720. The summed E-state index contributed by atoms with van der Waals surface area (Å²) in [7, 11) is 0. The summed E-state index contributed by atoms with van der Waals surface area (Å²) in [5, 5.41) is 0. The lowest BCUT2D eigenvalue weighted by atomic mass is 9.83. The molecule has 1 heterocycles. The minimum atomic E-state index is -0.0385. The molecule has 2 aromatic carbocycles. The highest BCUT2D eigenvalue weighted by molar-refractivity contribution is 5.63. The van der Waals surface area contributed by atoms with Gasteiger partial charge in [0.05, 0.1) is 0 Å². The summed E-state index contributed by atoms with van der Waals surface area (Å²) < 4.78 is 0. The van der Waals surface area contributed by atoms with Gasteiger partial charge in [-0.3, -0.25) is 0 Å². The monoisotopic (exact) mass is 320 g/mol. The number of hydrogen-bond donors (Lipinski definition) is 1. The first kappa shape index (κ1) is 15.7. The SMILES string of the molecule is Cc1ccc2c(c1)C1CC(C)(N)CCCC1N2Cc1ccccc1. The van der Waals surface area contributed by atoms with Crippen molar-refractivity contribution in [3.8, 4) is 0 Å². The summed E-state index contributed by atoms with van der Waals surface area (Å²) in [6.45, 7) is 5.44. The third-order valence-electron chi connectivity index (χ3n) is 5.89. The van der Waals surface area contributed by atoms with E-state index in [-0.39, 0.29) is 5.54 Å². The van der Waals surface area contributed by atoms with Gasteiger partial charge in [0, 0.05) is 29.7 Å². The Balaban J connectivity index is 1.74. The summed E-state index contributed by atoms with van der Waals surface area (Å²) >= 11 is 0. The van der Waals surface area contributed by atoms with Gasteiger partial charge in [0.15, 0.2) is 0 Å². The second-order valence-corrected chi connectivity index (χ2v) is 8.10. The summed E-state index contributed by atoms with van der Waals surface area (Å²) in [5.74, 6) is 0.570. The van der Waals surface area contributed by atoms with E-state index in [2.05, 4.69) is 67.3 Å². The molecule has 0 aromatic heterocycles. The fourth-order valence-corrected chi connectivity index (χ4v) is 4.74. The number of anilines is 1. The number of benzene rings is 2. The van der Waals surface area contributed by atoms with Gasteiger partial charge >= 0.3 is 0 Å². The second-order valence-electron chi connectivity index (χ2n) is 8.10. The van der Waals surface area contributed by atoms with E-state index in [9.17, 15) is 0 Å². The van der Waals surface area contributed by atoms with Gasteiger partial charge in [0.25, 0.3) is 0 Å². The minimum Gasteiger partial charge on any atom is -0.363 e. The first-order valence-corrected chi connectivity index (χ1v) is 9.23. The van der Waals surface area contributed by atoms with Crippen LogP contribution >= 0.6 is 0 Å². The van der Waals surface area contributed by atoms with Gasteiger partial charge in [-0.1, -0.05) is 48.0 Å². The number of aryl methyl sites for hydroxylation is 1. The average Bonchev–Trinajstić information content (AvgIpc) is 2.71. The molecule has 1 fully saturated rings. The van der Waals surface area contributed by atoms with E-state index in [1.165, 1.54) is 35.2 Å². The molecule has 2 N–H and O–H groups in total. The van der Waals surface area contributed by atoms with E-state index >= 15 is 0 Å². The smallest absolute Gasteiger partial charge is 0.0432 e. The number of fused-ring (bicyclic) bond motifs is 3. The van der Waals surface area contributed by atoms with Crippen molar-refractivity contribution in [1.29, 1.82) is 0 Å². The molecule has 1 saturated carbocycles. The van der Waals surface area contributed by atoms with Crippen LogP contribution in [0.25, 0.3) is 0 Å². The molecule has 3 unspecified atom stereocenters. The molecule has 0 spiro atoms. The van der Waals surface area contributed by atoms with Gasteiger partial charge in [0.1, 0.15) is 0 Å². The standard InChI is InChI=1S/C22H28N2/c1-16-10-11-21-18(13-16)19-14-22(2,23)12-6-9-20(19)24(21)15-17-7-4-3-5-8-17/h3-5,7-8,10-11,13,19-20H,6,9,12,14-15,23H2,1-2H3. The maximum Gasteiger partial charge on any atom is 0.0432 e. The Morgan fingerprint density at radius 2 is 1.96 bits per heavy atom. The largest absolute Gasteiger partial charge is 0.363 e. The fourth-order valence-electron chi connectivity index (χ4n) is 4.74. The van der Waals surface area contributed by atoms with Crippen LogP contribution in [0.4, 0.5) is 5.69 Å². The molecule has 2 aromatic rings. The zero-order chi connectivity index (χ0) is 16.7. The van der Waals surface area contributed by atoms with Crippen LogP contribution in [0.5, 0.6) is 0 Å². The number of rotatable bonds is 2. The molecule has 2 aliphatic rings. The number of nitrogens with two attached hydrogens (primary N) is 1. The van der Waals surface area contributed by atoms with E-state index in [1.54, 1.807) is 0 Å². The Morgan fingerprint density at radius 1 is 1.17 bits per heavy atom. The predicted molar refractivity (Wildman–Crippen MR) is 101 cm³/mol. The normalized spacial score (nSPS) is 29.0. The van der Waals surface area contributed by atoms with Gasteiger partial charge in [-0.15, -0.1) is 0 Å². The van der Waals surface area contributed by atoms with Crippen molar-refractivity contribution in [2.24, 2.45) is 5.73 Å². The molecule has 0 saturated heterocycles. The van der Waals surface area contributed by atoms with Crippen LogP contribution in [0.2, 0.25) is 0 Å². The number of nitrogens with zero attached hydrogens (tertiary/aromatic N) is 1. The van der Waals surface area contributed by atoms with E-state index in [4.69, 9.17) is 5.73 Å². The van der Waals surface area contributed by atoms with Crippen LogP contribution in [0.15, 0.2) is 48.5 Å². The first-order valence-electron chi connectivity index (χ1n) is 9.23. The Kier molecular flexibility index (Phi) is 3.88. The lowest BCUT2D eigenvalue weighted by Gasteiger charge is -2.30. The third kappa shape index (κ3) is 2.84. The number of hydrogen-bond acceptors (Lipinski definition) is 2. The van der Waals surface area contributed by atoms with Crippen LogP contribution in [0.1, 0.15) is 55.2 Å². The van der Waals surface area contributed by atoms with E-state index in [1.807, 2.05) is 0 Å². The predicted octanol–water partition coefficient (Wildman–Crippen LogP) is 4.76. The Morgan fingerprint density at radius 3 is 2.75 bits per heavy atom. The van der Waals surface area contributed by atoms with E-state index in [0.29, 0.717) is 12.0 Å². The van der Waals surface area contributed by atoms with Gasteiger partial charge in [0.2, 0.25) is 0 Å². The lowest BCUT2D eigenvalue weighted by molar-refractivity contribution is 0.383. The van der Waals surface area contributed by atoms with Crippen molar-refractivity contribution < 1.29 is 0 Å². The zero-order valence-electron chi connectivity index (χ0n) is 14.8. The maximum absolute atomic E-state index is 6.61. The third-order valence-corrected chi connectivity index (χ3v) is 5.89. The summed E-state index contributed by atoms with van der Waals surface area (Å²) in [4.78, 5) is 2.65. The van der Waals surface area contributed by atoms with Crippen LogP contribution in [-0.4, -0.2) is 11.6 Å². The molecule has 126 valence electrons. The van der Waals surface area contributed by atoms with Crippen molar-refractivity contribution in [3.05, 3.63) is 65.2 Å². The van der Waals surface area contributed by atoms with E-state index in [0.717, 1.165) is 19.4 Å². The molecular weight excluding hydrogens is 292 g/mol. The maximum atomic E-state index is 6.61. The Hall–Kier alpha value is -1.80. The van der Waals surface area contributed by atoms with Crippen LogP contribution in [-0.2, 0) is 6.54 Å². The van der Waals surface area contributed by atoms with Crippen LogP contribution < -0.4 is 10.6 Å². The van der Waals surface area contributed by atoms with Gasteiger partial charge in [-0.2, -0.15) is 0 Å². The molecule has 0 amide bonds. The molecule has 1 aliphatic carbocycles. The molecule has 0 radical (unpaired) electrons. The molecule has 0 bridgehead atoms. The van der Waals surface area contributed by atoms with Crippen molar-refractivity contribution in [3.63, 3.8) is 0 Å². The van der Waals surface area contributed by atoms with E-state index < -0.39 is 0 Å². The summed E-state index contributed by atoms with van der Waals surface area (Å²) in [6, 6.07) is 18.4.